The molecule has 17 heavy (non-hydrogen) atoms. The third kappa shape index (κ3) is 2.40. The van der Waals surface area contributed by atoms with E-state index in [9.17, 15) is 0 Å². The molecule has 0 aliphatic rings. The van der Waals surface area contributed by atoms with Crippen molar-refractivity contribution in [3.63, 3.8) is 0 Å². The number of anilines is 1. The van der Waals surface area contributed by atoms with Gasteiger partial charge in [0.05, 0.1) is 5.69 Å². The van der Waals surface area contributed by atoms with Crippen LogP contribution < -0.4 is 5.32 Å². The fourth-order valence-electron chi connectivity index (χ4n) is 1.70. The molecule has 2 rings (SSSR count). The largest absolute Gasteiger partial charge is 0.275 e. The Morgan fingerprint density at radius 2 is 1.94 bits per heavy atom. The number of nitrogens with zero attached hydrogens (tertiary/aromatic N) is 3. The molecule has 84 valence electrons. The van der Waals surface area contributed by atoms with Gasteiger partial charge in [0, 0.05) is 5.56 Å². The summed E-state index contributed by atoms with van der Waals surface area (Å²) in [6.07, 6.45) is 1.81. The summed E-state index contributed by atoms with van der Waals surface area (Å²) in [5.41, 5.74) is 4.26. The molecule has 4 nitrogen and oxygen atoms in total. The Balaban J connectivity index is 2.37. The molecule has 1 aromatic heterocycles. The van der Waals surface area contributed by atoms with E-state index in [-0.39, 0.29) is 0 Å². The van der Waals surface area contributed by atoms with Crippen LogP contribution in [0.25, 0.3) is 11.3 Å². The monoisotopic (exact) mass is 224 g/mol. The Labute approximate surface area is 99.9 Å². The van der Waals surface area contributed by atoms with Crippen molar-refractivity contribution in [1.82, 2.24) is 10.2 Å². The second kappa shape index (κ2) is 4.62. The van der Waals surface area contributed by atoms with Gasteiger partial charge in [-0.2, -0.15) is 5.26 Å². The van der Waals surface area contributed by atoms with Gasteiger partial charge < -0.3 is 0 Å². The Morgan fingerprint density at radius 1 is 1.12 bits per heavy atom. The molecule has 0 aliphatic carbocycles. The Bertz CT molecular complexity index is 567. The fraction of sp³-hybridized carbons (Fsp3) is 0.154. The molecule has 0 spiro atoms. The second-order valence-corrected chi connectivity index (χ2v) is 3.86. The molecule has 1 N–H and O–H groups in total. The van der Waals surface area contributed by atoms with Gasteiger partial charge in [-0.1, -0.05) is 23.8 Å². The van der Waals surface area contributed by atoms with Gasteiger partial charge in [0.15, 0.2) is 12.0 Å². The van der Waals surface area contributed by atoms with Gasteiger partial charge >= 0.3 is 0 Å². The highest BCUT2D eigenvalue weighted by atomic mass is 15.2. The van der Waals surface area contributed by atoms with Crippen LogP contribution in [0.2, 0.25) is 0 Å². The lowest BCUT2D eigenvalue weighted by molar-refractivity contribution is 1.04. The van der Waals surface area contributed by atoms with Crippen LogP contribution in [0.4, 0.5) is 5.82 Å². The van der Waals surface area contributed by atoms with Crippen LogP contribution in [-0.4, -0.2) is 10.2 Å². The average Bonchev–Trinajstić information content (AvgIpc) is 2.31. The lowest BCUT2D eigenvalue weighted by atomic mass is 10.0. The first-order valence-electron chi connectivity index (χ1n) is 5.27. The molecule has 0 radical (unpaired) electrons. The molecule has 0 saturated heterocycles. The molecule has 0 aliphatic heterocycles. The Morgan fingerprint density at radius 3 is 2.53 bits per heavy atom. The Kier molecular flexibility index (Phi) is 3.01. The number of nitriles is 1. The van der Waals surface area contributed by atoms with Crippen molar-refractivity contribution < 1.29 is 0 Å². The van der Waals surface area contributed by atoms with Crippen LogP contribution >= 0.6 is 0 Å². The highest BCUT2D eigenvalue weighted by molar-refractivity contribution is 5.64. The van der Waals surface area contributed by atoms with Gasteiger partial charge in [-0.3, -0.25) is 5.32 Å². The molecular formula is C13H12N4. The molecule has 2 aromatic rings. The summed E-state index contributed by atoms with van der Waals surface area (Å²) < 4.78 is 0. The summed E-state index contributed by atoms with van der Waals surface area (Å²) in [5, 5.41) is 18.9. The third-order valence-corrected chi connectivity index (χ3v) is 2.51. The minimum absolute atomic E-state index is 0.459. The van der Waals surface area contributed by atoms with E-state index in [1.807, 2.05) is 31.3 Å². The van der Waals surface area contributed by atoms with E-state index in [4.69, 9.17) is 5.26 Å². The van der Waals surface area contributed by atoms with Gasteiger partial charge in [-0.15, -0.1) is 10.2 Å². The lowest BCUT2D eigenvalue weighted by Gasteiger charge is -2.05. The predicted molar refractivity (Wildman–Crippen MR) is 66.2 cm³/mol. The zero-order chi connectivity index (χ0) is 12.3. The van der Waals surface area contributed by atoms with Crippen LogP contribution in [0, 0.1) is 25.3 Å². The molecule has 4 heteroatoms. The molecule has 1 heterocycles. The van der Waals surface area contributed by atoms with Gasteiger partial charge in [-0.05, 0) is 31.5 Å². The summed E-state index contributed by atoms with van der Waals surface area (Å²) in [7, 11) is 0. The molecule has 0 unspecified atom stereocenters. The van der Waals surface area contributed by atoms with E-state index in [1.54, 1.807) is 6.07 Å². The summed E-state index contributed by atoms with van der Waals surface area (Å²) >= 11 is 0. The van der Waals surface area contributed by atoms with Gasteiger partial charge in [0.1, 0.15) is 0 Å². The summed E-state index contributed by atoms with van der Waals surface area (Å²) in [4.78, 5) is 0. The van der Waals surface area contributed by atoms with Gasteiger partial charge in [0.2, 0.25) is 0 Å². The lowest BCUT2D eigenvalue weighted by Crippen LogP contribution is -1.95. The van der Waals surface area contributed by atoms with Crippen molar-refractivity contribution >= 4 is 5.82 Å². The molecule has 0 fully saturated rings. The standard InChI is InChI=1S/C13H12N4/c1-9-3-4-11(10(2)7-9)12-5-6-13(15-8-14)17-16-12/h3-7H,1-2H3,(H,15,17). The quantitative estimate of drug-likeness (QED) is 0.629. The average molecular weight is 224 g/mol. The Hall–Kier alpha value is -2.41. The summed E-state index contributed by atoms with van der Waals surface area (Å²) in [6, 6.07) is 9.78. The first kappa shape index (κ1) is 11.1. The van der Waals surface area contributed by atoms with E-state index < -0.39 is 0 Å². The van der Waals surface area contributed by atoms with Crippen molar-refractivity contribution in [3.05, 3.63) is 41.5 Å². The van der Waals surface area contributed by atoms with E-state index >= 15 is 0 Å². The topological polar surface area (TPSA) is 61.6 Å². The van der Waals surface area contributed by atoms with Crippen LogP contribution in [0.15, 0.2) is 30.3 Å². The first-order valence-corrected chi connectivity index (χ1v) is 5.27. The molecule has 0 saturated carbocycles. The second-order valence-electron chi connectivity index (χ2n) is 3.86. The van der Waals surface area contributed by atoms with Crippen LogP contribution in [0.5, 0.6) is 0 Å². The summed E-state index contributed by atoms with van der Waals surface area (Å²) in [5.74, 6) is 0.459. The fourth-order valence-corrected chi connectivity index (χ4v) is 1.70. The number of benzene rings is 1. The predicted octanol–water partition coefficient (Wildman–Crippen LogP) is 2.65. The SMILES string of the molecule is Cc1ccc(-c2ccc(NC#N)nn2)c(C)c1. The minimum atomic E-state index is 0.459. The smallest absolute Gasteiger partial charge is 0.182 e. The van der Waals surface area contributed by atoms with Crippen LogP contribution in [0.3, 0.4) is 0 Å². The number of nitrogens with one attached hydrogen (secondary N) is 1. The number of hydrogen-bond donors (Lipinski definition) is 1. The van der Waals surface area contributed by atoms with Crippen molar-refractivity contribution in [3.8, 4) is 17.5 Å². The maximum Gasteiger partial charge on any atom is 0.182 e. The molecule has 1 aromatic carbocycles. The van der Waals surface area contributed by atoms with E-state index in [1.165, 1.54) is 11.1 Å². The molecule has 0 atom stereocenters. The highest BCUT2D eigenvalue weighted by Gasteiger charge is 2.04. The molecule has 0 bridgehead atoms. The number of rotatable bonds is 2. The first-order chi connectivity index (χ1) is 8.20. The van der Waals surface area contributed by atoms with E-state index in [2.05, 4.69) is 28.5 Å². The molecule has 0 amide bonds. The number of aryl methyl sites for hydroxylation is 2. The van der Waals surface area contributed by atoms with E-state index in [0.29, 0.717) is 5.82 Å². The zero-order valence-electron chi connectivity index (χ0n) is 9.73. The number of aromatic nitrogens is 2. The maximum atomic E-state index is 8.45. The van der Waals surface area contributed by atoms with Crippen molar-refractivity contribution in [1.29, 1.82) is 5.26 Å². The van der Waals surface area contributed by atoms with Crippen molar-refractivity contribution in [2.24, 2.45) is 0 Å². The summed E-state index contributed by atoms with van der Waals surface area (Å²) in [6.45, 7) is 4.11. The third-order valence-electron chi connectivity index (χ3n) is 2.51. The van der Waals surface area contributed by atoms with Crippen LogP contribution in [-0.2, 0) is 0 Å². The van der Waals surface area contributed by atoms with Crippen molar-refractivity contribution in [2.45, 2.75) is 13.8 Å². The zero-order valence-corrected chi connectivity index (χ0v) is 9.73. The maximum absolute atomic E-state index is 8.45. The van der Waals surface area contributed by atoms with E-state index in [0.717, 1.165) is 11.3 Å². The number of hydrogen-bond acceptors (Lipinski definition) is 4. The molecular weight excluding hydrogens is 212 g/mol. The highest BCUT2D eigenvalue weighted by Crippen LogP contribution is 2.22. The minimum Gasteiger partial charge on any atom is -0.275 e. The van der Waals surface area contributed by atoms with Gasteiger partial charge in [-0.25, -0.2) is 0 Å². The van der Waals surface area contributed by atoms with Crippen molar-refractivity contribution in [2.75, 3.05) is 5.32 Å². The van der Waals surface area contributed by atoms with Gasteiger partial charge in [0.25, 0.3) is 0 Å². The van der Waals surface area contributed by atoms with Crippen LogP contribution in [0.1, 0.15) is 11.1 Å². The normalized spacial score (nSPS) is 9.71.